The van der Waals surface area contributed by atoms with Crippen molar-refractivity contribution in [3.8, 4) is 0 Å². The van der Waals surface area contributed by atoms with Gasteiger partial charge in [-0.3, -0.25) is 43.3 Å². The molecule has 1 aliphatic rings. The van der Waals surface area contributed by atoms with Crippen LogP contribution in [0.4, 0.5) is 0 Å². The van der Waals surface area contributed by atoms with E-state index in [1.165, 1.54) is 41.2 Å². The SMILES string of the molecule is CCCC[C@H](NC(C)=O)C(=O)N1CCSSC[C@@H](C(N)=O)NC(=O)[C@H](Cc2c[nH]c3ccccc23)NC(=O)[C@H](CCCN=C(N)N)NC(=O)[C@@H](Cc2cc(Cl)c(Cl)c(Cl)c2Cl)NC(=O)[C@H](Cc2cnc[nH]2)NC(=O)C1. The first-order chi connectivity index (χ1) is 35.8. The number of guanidine groups is 1. The van der Waals surface area contributed by atoms with E-state index in [0.29, 0.717) is 24.1 Å². The number of hydrogen-bond donors (Lipinski definition) is 11. The molecule has 0 bridgehead atoms. The molecule has 14 N–H and O–H groups in total. The van der Waals surface area contributed by atoms with E-state index in [-0.39, 0.29) is 88.3 Å². The third-order valence-corrected chi connectivity index (χ3v) is 16.0. The molecule has 406 valence electrons. The molecular formula is C47H60Cl4N14O8S2. The number of carbonyl (C=O) groups is 8. The normalized spacial score (nSPS) is 20.3. The zero-order chi connectivity index (χ0) is 54.8. The number of rotatable bonds is 16. The number of aromatic nitrogens is 3. The van der Waals surface area contributed by atoms with Crippen LogP contribution in [0.3, 0.4) is 0 Å². The van der Waals surface area contributed by atoms with Gasteiger partial charge in [-0.25, -0.2) is 4.98 Å². The van der Waals surface area contributed by atoms with E-state index < -0.39 is 96.5 Å². The van der Waals surface area contributed by atoms with E-state index in [0.717, 1.165) is 21.7 Å². The second-order valence-corrected chi connectivity index (χ2v) is 21.7. The van der Waals surface area contributed by atoms with Gasteiger partial charge < -0.3 is 64.0 Å². The molecule has 22 nitrogen and oxygen atoms in total. The molecular weight excluding hydrogens is 1090 g/mol. The lowest BCUT2D eigenvalue weighted by molar-refractivity contribution is -0.140. The monoisotopic (exact) mass is 1150 g/mol. The standard InChI is InChI=1S/C47H60Cl4N14O8S2/c1-3-4-9-32(59-24(2)66)46(73)65-13-14-74-75-22-36(41(52)68)64-44(71)34(17-26-19-57-30-10-6-5-8-28(26)30)62-42(69)31(11-7-12-56-47(53)54)61-43(70)33(16-25-15-29(48)39(50)40(51)38(25)49)63-45(72)35(60-37(67)21-65)18-27-20-55-23-58-27/h5-6,8,10,15,19-20,23,31-36,57H,3-4,7,9,11-14,16-18,21-22H2,1-2H3,(H2,52,68)(H,55,58)(H,59,66)(H,60,67)(H,61,70)(H,62,69)(H,63,72)(H,64,71)(H4,53,54,56)/t31-,32-,33+,34-,35-,36-/m0/s1. The molecule has 1 saturated heterocycles. The summed E-state index contributed by atoms with van der Waals surface area (Å²) in [6.07, 6.45) is 5.37. The van der Waals surface area contributed by atoms with Gasteiger partial charge in [-0.15, -0.1) is 0 Å². The van der Waals surface area contributed by atoms with Gasteiger partial charge in [0.15, 0.2) is 5.96 Å². The van der Waals surface area contributed by atoms with Crippen molar-refractivity contribution in [3.05, 3.63) is 86.0 Å². The number of para-hydroxylation sites is 1. The van der Waals surface area contributed by atoms with Gasteiger partial charge in [-0.2, -0.15) is 0 Å². The summed E-state index contributed by atoms with van der Waals surface area (Å²) >= 11 is 25.8. The molecule has 1 fully saturated rings. The van der Waals surface area contributed by atoms with Crippen molar-refractivity contribution in [1.29, 1.82) is 0 Å². The average Bonchev–Trinajstić information content (AvgIpc) is 4.04. The Bertz CT molecular complexity index is 2710. The minimum absolute atomic E-state index is 0.0272. The molecule has 4 aromatic rings. The van der Waals surface area contributed by atoms with Gasteiger partial charge in [-0.05, 0) is 42.5 Å². The molecule has 2 aromatic heterocycles. The number of H-pyrrole nitrogens is 2. The number of primary amides is 1. The molecule has 0 radical (unpaired) electrons. The first-order valence-electron chi connectivity index (χ1n) is 23.8. The van der Waals surface area contributed by atoms with Crippen molar-refractivity contribution in [3.63, 3.8) is 0 Å². The minimum Gasteiger partial charge on any atom is -0.370 e. The smallest absolute Gasteiger partial charge is 0.245 e. The average molecular weight is 1160 g/mol. The maximum atomic E-state index is 14.8. The van der Waals surface area contributed by atoms with Crippen molar-refractivity contribution in [1.82, 2.24) is 51.8 Å². The number of carbonyl (C=O) groups excluding carboxylic acids is 8. The van der Waals surface area contributed by atoms with Crippen LogP contribution in [0.2, 0.25) is 20.1 Å². The highest BCUT2D eigenvalue weighted by molar-refractivity contribution is 8.76. The fourth-order valence-corrected chi connectivity index (χ4v) is 11.0. The number of nitrogens with two attached hydrogens (primary N) is 3. The number of benzene rings is 2. The van der Waals surface area contributed by atoms with Gasteiger partial charge >= 0.3 is 0 Å². The van der Waals surface area contributed by atoms with Gasteiger partial charge in [0.1, 0.15) is 36.3 Å². The van der Waals surface area contributed by atoms with Gasteiger partial charge in [-0.1, -0.05) is 106 Å². The molecule has 0 spiro atoms. The van der Waals surface area contributed by atoms with Crippen molar-refractivity contribution in [2.24, 2.45) is 22.2 Å². The van der Waals surface area contributed by atoms with Gasteiger partial charge in [0.25, 0.3) is 0 Å². The molecule has 28 heteroatoms. The Hall–Kier alpha value is -5.92. The lowest BCUT2D eigenvalue weighted by Gasteiger charge is -2.29. The summed E-state index contributed by atoms with van der Waals surface area (Å²) in [4.78, 5) is 127. The van der Waals surface area contributed by atoms with E-state index >= 15 is 0 Å². The summed E-state index contributed by atoms with van der Waals surface area (Å²) in [5, 5.41) is 16.7. The maximum Gasteiger partial charge on any atom is 0.245 e. The van der Waals surface area contributed by atoms with Crippen LogP contribution in [0.1, 0.15) is 62.8 Å². The number of fused-ring (bicyclic) bond motifs is 1. The first kappa shape index (κ1) is 60.0. The Morgan fingerprint density at radius 3 is 2.12 bits per heavy atom. The molecule has 3 heterocycles. The predicted molar refractivity (Wildman–Crippen MR) is 292 cm³/mol. The lowest BCUT2D eigenvalue weighted by Crippen LogP contribution is -2.60. The minimum atomic E-state index is -1.60. The second-order valence-electron chi connectivity index (χ2n) is 17.5. The fourth-order valence-electron chi connectivity index (χ4n) is 7.95. The Labute approximate surface area is 460 Å². The van der Waals surface area contributed by atoms with Crippen LogP contribution in [0.15, 0.2) is 54.0 Å². The van der Waals surface area contributed by atoms with Crippen molar-refractivity contribution in [2.75, 3.05) is 31.1 Å². The van der Waals surface area contributed by atoms with Crippen molar-refractivity contribution in [2.45, 2.75) is 101 Å². The van der Waals surface area contributed by atoms with Crippen LogP contribution in [-0.4, -0.2) is 140 Å². The Morgan fingerprint density at radius 1 is 0.813 bits per heavy atom. The summed E-state index contributed by atoms with van der Waals surface area (Å²) in [6.45, 7) is 2.61. The number of imidazole rings is 1. The fraction of sp³-hybridized carbons (Fsp3) is 0.447. The number of aliphatic imine (C=N–C) groups is 1. The Kier molecular flexibility index (Phi) is 23.5. The maximum absolute atomic E-state index is 14.8. The zero-order valence-electron chi connectivity index (χ0n) is 40.9. The van der Waals surface area contributed by atoms with Crippen LogP contribution in [0, 0.1) is 0 Å². The number of unbranched alkanes of at least 4 members (excludes halogenated alkanes) is 1. The third-order valence-electron chi connectivity index (χ3n) is 11.8. The molecule has 1 aliphatic heterocycles. The molecule has 0 unspecified atom stereocenters. The predicted octanol–water partition coefficient (Wildman–Crippen LogP) is 2.41. The van der Waals surface area contributed by atoms with Crippen molar-refractivity contribution < 1.29 is 38.4 Å². The quantitative estimate of drug-likeness (QED) is 0.0192. The summed E-state index contributed by atoms with van der Waals surface area (Å²) in [6, 6.07) is 0.575. The highest BCUT2D eigenvalue weighted by atomic mass is 35.5. The number of halogens is 4. The summed E-state index contributed by atoms with van der Waals surface area (Å²) in [5.74, 6) is -6.22. The van der Waals surface area contributed by atoms with E-state index in [9.17, 15) is 38.4 Å². The summed E-state index contributed by atoms with van der Waals surface area (Å²) < 4.78 is 0. The van der Waals surface area contributed by atoms with Crippen molar-refractivity contribution >= 4 is 132 Å². The zero-order valence-corrected chi connectivity index (χ0v) is 45.6. The molecule has 0 aliphatic carbocycles. The first-order valence-corrected chi connectivity index (χ1v) is 27.8. The summed E-state index contributed by atoms with van der Waals surface area (Å²) in [5.41, 5.74) is 18.9. The van der Waals surface area contributed by atoms with Gasteiger partial charge in [0.2, 0.25) is 47.3 Å². The highest BCUT2D eigenvalue weighted by Crippen LogP contribution is 2.38. The lowest BCUT2D eigenvalue weighted by atomic mass is 10.0. The number of hydrogen-bond acceptors (Lipinski definition) is 12. The number of amides is 8. The molecule has 75 heavy (non-hydrogen) atoms. The van der Waals surface area contributed by atoms with Gasteiger partial charge in [0.05, 0.1) is 33.0 Å². The van der Waals surface area contributed by atoms with Gasteiger partial charge in [0, 0.05) is 79.8 Å². The molecule has 5 rings (SSSR count). The molecule has 8 amide bonds. The summed E-state index contributed by atoms with van der Waals surface area (Å²) in [7, 11) is 2.37. The van der Waals surface area contributed by atoms with E-state index in [4.69, 9.17) is 63.6 Å². The third kappa shape index (κ3) is 18.1. The van der Waals surface area contributed by atoms with Crippen LogP contribution in [-0.2, 0) is 57.6 Å². The Balaban J connectivity index is 1.60. The van der Waals surface area contributed by atoms with Crippen LogP contribution in [0.25, 0.3) is 10.9 Å². The Morgan fingerprint density at radius 2 is 1.47 bits per heavy atom. The van der Waals surface area contributed by atoms with Crippen LogP contribution in [0.5, 0.6) is 0 Å². The molecule has 0 saturated carbocycles. The topological polar surface area (TPSA) is 347 Å². The van der Waals surface area contributed by atoms with Crippen LogP contribution < -0.4 is 49.1 Å². The van der Waals surface area contributed by atoms with Crippen LogP contribution >= 0.6 is 68.0 Å². The van der Waals surface area contributed by atoms with E-state index in [1.807, 2.05) is 25.1 Å². The number of nitrogens with one attached hydrogen (secondary N) is 8. The van der Waals surface area contributed by atoms with E-state index in [2.05, 4.69) is 51.8 Å². The highest BCUT2D eigenvalue weighted by Gasteiger charge is 2.35. The number of aromatic amines is 2. The molecule has 6 atom stereocenters. The number of nitrogens with zero attached hydrogens (tertiary/aromatic N) is 3. The second kappa shape index (κ2) is 29.4. The van der Waals surface area contributed by atoms with E-state index in [1.54, 1.807) is 12.3 Å². The molecule has 2 aromatic carbocycles. The largest absolute Gasteiger partial charge is 0.370 e.